The molecule has 10 heteroatoms. The first kappa shape index (κ1) is 16.2. The summed E-state index contributed by atoms with van der Waals surface area (Å²) in [5.41, 5.74) is 5.95. The number of benzene rings is 1. The second kappa shape index (κ2) is 6.29. The van der Waals surface area contributed by atoms with Gasteiger partial charge in [-0.05, 0) is 24.6 Å². The standard InChI is InChI=1S/C11H12Cl2N4O3S/c1-6-16-10(20-17-6)5-15-21(18,19)9-3-8(12)2-7(4-14)11(9)13/h2-3,15H,4-5,14H2,1H3. The van der Waals surface area contributed by atoms with E-state index in [0.717, 1.165) is 0 Å². The number of hydrogen-bond donors (Lipinski definition) is 2. The Kier molecular flexibility index (Phi) is 4.84. The molecule has 0 atom stereocenters. The fraction of sp³-hybridized carbons (Fsp3) is 0.273. The smallest absolute Gasteiger partial charge is 0.242 e. The molecule has 0 saturated heterocycles. The normalized spacial score (nSPS) is 11.8. The van der Waals surface area contributed by atoms with Crippen molar-refractivity contribution in [3.63, 3.8) is 0 Å². The number of halogens is 2. The molecule has 0 amide bonds. The van der Waals surface area contributed by atoms with E-state index >= 15 is 0 Å². The zero-order valence-electron chi connectivity index (χ0n) is 10.9. The minimum absolute atomic E-state index is 0.0381. The van der Waals surface area contributed by atoms with E-state index in [2.05, 4.69) is 14.9 Å². The molecule has 0 bridgehead atoms. The lowest BCUT2D eigenvalue weighted by atomic mass is 10.2. The van der Waals surface area contributed by atoms with Crippen molar-refractivity contribution in [2.45, 2.75) is 24.9 Å². The van der Waals surface area contributed by atoms with Gasteiger partial charge in [-0.3, -0.25) is 0 Å². The molecule has 114 valence electrons. The van der Waals surface area contributed by atoms with Gasteiger partial charge >= 0.3 is 0 Å². The van der Waals surface area contributed by atoms with Crippen LogP contribution in [0.25, 0.3) is 0 Å². The van der Waals surface area contributed by atoms with Gasteiger partial charge in [0.05, 0.1) is 11.6 Å². The molecule has 0 radical (unpaired) electrons. The first-order valence-corrected chi connectivity index (χ1v) is 8.04. The number of nitrogens with zero attached hydrogens (tertiary/aromatic N) is 2. The van der Waals surface area contributed by atoms with E-state index < -0.39 is 10.0 Å². The Morgan fingerprint density at radius 3 is 2.67 bits per heavy atom. The lowest BCUT2D eigenvalue weighted by Gasteiger charge is -2.10. The Balaban J connectivity index is 2.29. The fourth-order valence-corrected chi connectivity index (χ4v) is 3.52. The van der Waals surface area contributed by atoms with E-state index in [-0.39, 0.29) is 33.9 Å². The van der Waals surface area contributed by atoms with Crippen LogP contribution < -0.4 is 10.5 Å². The monoisotopic (exact) mass is 350 g/mol. The number of nitrogens with two attached hydrogens (primary N) is 1. The van der Waals surface area contributed by atoms with Crippen LogP contribution in [0.1, 0.15) is 17.3 Å². The van der Waals surface area contributed by atoms with Gasteiger partial charge in [0.1, 0.15) is 4.90 Å². The molecule has 1 aromatic heterocycles. The Morgan fingerprint density at radius 2 is 2.10 bits per heavy atom. The molecular formula is C11H12Cl2N4O3S. The Morgan fingerprint density at radius 1 is 1.38 bits per heavy atom. The summed E-state index contributed by atoms with van der Waals surface area (Å²) in [6.45, 7) is 1.55. The quantitative estimate of drug-likeness (QED) is 0.847. The Labute approximate surface area is 131 Å². The molecule has 21 heavy (non-hydrogen) atoms. The summed E-state index contributed by atoms with van der Waals surface area (Å²) < 4.78 is 31.7. The number of sulfonamides is 1. The minimum Gasteiger partial charge on any atom is -0.338 e. The van der Waals surface area contributed by atoms with Gasteiger partial charge in [-0.1, -0.05) is 28.4 Å². The highest BCUT2D eigenvalue weighted by molar-refractivity contribution is 7.89. The van der Waals surface area contributed by atoms with Crippen LogP contribution >= 0.6 is 23.2 Å². The van der Waals surface area contributed by atoms with Crippen LogP contribution in [0.5, 0.6) is 0 Å². The van der Waals surface area contributed by atoms with E-state index in [1.807, 2.05) is 0 Å². The lowest BCUT2D eigenvalue weighted by Crippen LogP contribution is -2.24. The number of nitrogens with one attached hydrogen (secondary N) is 1. The van der Waals surface area contributed by atoms with Crippen molar-refractivity contribution in [1.82, 2.24) is 14.9 Å². The molecule has 0 saturated carbocycles. The third kappa shape index (κ3) is 3.72. The molecule has 0 aliphatic carbocycles. The molecule has 0 unspecified atom stereocenters. The van der Waals surface area contributed by atoms with Crippen molar-refractivity contribution in [3.05, 3.63) is 39.5 Å². The predicted octanol–water partition coefficient (Wildman–Crippen LogP) is 1.62. The highest BCUT2D eigenvalue weighted by Crippen LogP contribution is 2.29. The summed E-state index contributed by atoms with van der Waals surface area (Å²) in [6.07, 6.45) is 0. The SMILES string of the molecule is Cc1noc(CNS(=O)(=O)c2cc(Cl)cc(CN)c2Cl)n1. The molecule has 7 nitrogen and oxygen atoms in total. The van der Waals surface area contributed by atoms with Crippen molar-refractivity contribution < 1.29 is 12.9 Å². The summed E-state index contributed by atoms with van der Waals surface area (Å²) in [5, 5.41) is 3.83. The van der Waals surface area contributed by atoms with Gasteiger partial charge < -0.3 is 10.3 Å². The number of rotatable bonds is 5. The maximum absolute atomic E-state index is 12.3. The summed E-state index contributed by atoms with van der Waals surface area (Å²) in [4.78, 5) is 3.75. The molecule has 0 aliphatic rings. The van der Waals surface area contributed by atoms with Crippen molar-refractivity contribution in [1.29, 1.82) is 0 Å². The summed E-state index contributed by atoms with van der Waals surface area (Å²) in [5.74, 6) is 0.559. The summed E-state index contributed by atoms with van der Waals surface area (Å²) >= 11 is 11.9. The topological polar surface area (TPSA) is 111 Å². The van der Waals surface area contributed by atoms with Crippen LogP contribution in [-0.2, 0) is 23.1 Å². The van der Waals surface area contributed by atoms with E-state index in [1.165, 1.54) is 12.1 Å². The fourth-order valence-electron chi connectivity index (χ4n) is 1.61. The number of aryl methyl sites for hydroxylation is 1. The zero-order valence-corrected chi connectivity index (χ0v) is 13.3. The second-order valence-corrected chi connectivity index (χ2v) is 6.69. The maximum Gasteiger partial charge on any atom is 0.242 e. The van der Waals surface area contributed by atoms with Gasteiger partial charge in [-0.2, -0.15) is 4.98 Å². The average Bonchev–Trinajstić information content (AvgIpc) is 2.84. The van der Waals surface area contributed by atoms with E-state index in [9.17, 15) is 8.42 Å². The number of aromatic nitrogens is 2. The van der Waals surface area contributed by atoms with Gasteiger partial charge in [0.25, 0.3) is 0 Å². The van der Waals surface area contributed by atoms with Gasteiger partial charge in [-0.25, -0.2) is 13.1 Å². The predicted molar refractivity (Wildman–Crippen MR) is 77.4 cm³/mol. The van der Waals surface area contributed by atoms with Crippen molar-refractivity contribution >= 4 is 33.2 Å². The molecule has 3 N–H and O–H groups in total. The van der Waals surface area contributed by atoms with Crippen molar-refractivity contribution in [2.75, 3.05) is 0 Å². The van der Waals surface area contributed by atoms with Crippen LogP contribution in [0.15, 0.2) is 21.6 Å². The van der Waals surface area contributed by atoms with Crippen molar-refractivity contribution in [3.8, 4) is 0 Å². The highest BCUT2D eigenvalue weighted by atomic mass is 35.5. The van der Waals surface area contributed by atoms with Gasteiger partial charge in [-0.15, -0.1) is 0 Å². The van der Waals surface area contributed by atoms with Gasteiger partial charge in [0.15, 0.2) is 5.82 Å². The largest absolute Gasteiger partial charge is 0.338 e. The molecule has 2 rings (SSSR count). The first-order chi connectivity index (χ1) is 9.83. The first-order valence-electron chi connectivity index (χ1n) is 5.80. The van der Waals surface area contributed by atoms with E-state index in [4.69, 9.17) is 33.5 Å². The van der Waals surface area contributed by atoms with Crippen LogP contribution in [0.3, 0.4) is 0 Å². The van der Waals surface area contributed by atoms with Gasteiger partial charge in [0.2, 0.25) is 15.9 Å². The third-order valence-corrected chi connectivity index (χ3v) is 4.77. The molecular weight excluding hydrogens is 339 g/mol. The average molecular weight is 351 g/mol. The molecule has 0 spiro atoms. The van der Waals surface area contributed by atoms with Crippen LogP contribution in [0, 0.1) is 6.92 Å². The number of hydrogen-bond acceptors (Lipinski definition) is 6. The van der Waals surface area contributed by atoms with Crippen LogP contribution in [0.2, 0.25) is 10.0 Å². The molecule has 0 aliphatic heterocycles. The van der Waals surface area contributed by atoms with Crippen molar-refractivity contribution in [2.24, 2.45) is 5.73 Å². The van der Waals surface area contributed by atoms with Gasteiger partial charge in [0, 0.05) is 11.6 Å². The maximum atomic E-state index is 12.3. The summed E-state index contributed by atoms with van der Waals surface area (Å²) in [6, 6.07) is 2.77. The van der Waals surface area contributed by atoms with Crippen LogP contribution in [-0.4, -0.2) is 18.6 Å². The molecule has 2 aromatic rings. The Bertz CT molecular complexity index is 761. The van der Waals surface area contributed by atoms with Crippen LogP contribution in [0.4, 0.5) is 0 Å². The molecule has 1 aromatic carbocycles. The highest BCUT2D eigenvalue weighted by Gasteiger charge is 2.21. The summed E-state index contributed by atoms with van der Waals surface area (Å²) in [7, 11) is -3.88. The minimum atomic E-state index is -3.88. The molecule has 0 fully saturated rings. The lowest BCUT2D eigenvalue weighted by molar-refractivity contribution is 0.372. The Hall–Kier alpha value is -1.19. The van der Waals surface area contributed by atoms with E-state index in [1.54, 1.807) is 6.92 Å². The van der Waals surface area contributed by atoms with E-state index in [0.29, 0.717) is 11.4 Å². The molecule has 1 heterocycles. The second-order valence-electron chi connectivity index (χ2n) is 4.14. The third-order valence-electron chi connectivity index (χ3n) is 2.57. The zero-order chi connectivity index (χ0) is 15.6.